The zero-order chi connectivity index (χ0) is 19.7. The number of pyridine rings is 1. The highest BCUT2D eigenvalue weighted by molar-refractivity contribution is 7.90. The molecule has 7 heteroatoms. The average molecular weight is 393 g/mol. The van der Waals surface area contributed by atoms with E-state index >= 15 is 0 Å². The Morgan fingerprint density at radius 3 is 2.21 bits per heavy atom. The smallest absolute Gasteiger partial charge is 0.250 e. The summed E-state index contributed by atoms with van der Waals surface area (Å²) in [6.07, 6.45) is 2.93. The van der Waals surface area contributed by atoms with E-state index in [4.69, 9.17) is 4.42 Å². The summed E-state index contributed by atoms with van der Waals surface area (Å²) in [5.74, 6) is 0.830. The summed E-state index contributed by atoms with van der Waals surface area (Å²) in [6.45, 7) is 1.87. The van der Waals surface area contributed by atoms with E-state index < -0.39 is 9.84 Å². The van der Waals surface area contributed by atoms with Gasteiger partial charge in [0.2, 0.25) is 11.8 Å². The average Bonchev–Trinajstić information content (AvgIpc) is 3.18. The van der Waals surface area contributed by atoms with Gasteiger partial charge in [0.1, 0.15) is 0 Å². The normalized spacial score (nSPS) is 11.5. The molecule has 0 aliphatic carbocycles. The molecule has 2 heterocycles. The van der Waals surface area contributed by atoms with Crippen molar-refractivity contribution in [3.63, 3.8) is 0 Å². The van der Waals surface area contributed by atoms with Gasteiger partial charge in [-0.2, -0.15) is 0 Å². The molecule has 28 heavy (non-hydrogen) atoms. The van der Waals surface area contributed by atoms with Gasteiger partial charge in [-0.25, -0.2) is 8.42 Å². The van der Waals surface area contributed by atoms with Gasteiger partial charge in [0.15, 0.2) is 9.84 Å². The second-order valence-corrected chi connectivity index (χ2v) is 8.45. The molecule has 4 rings (SSSR count). The van der Waals surface area contributed by atoms with Crippen LogP contribution in [0.2, 0.25) is 0 Å². The molecular formula is C21H19N3O3S. The SMILES string of the molecule is Cc1ncc(-c2ccc(S(C)(=O)=O)cc2)cc1-c1nnc(-c2ccccc2)o1.[HH]. The Morgan fingerprint density at radius 1 is 0.857 bits per heavy atom. The molecule has 0 spiro atoms. The highest BCUT2D eigenvalue weighted by Gasteiger charge is 2.15. The molecule has 0 aliphatic heterocycles. The van der Waals surface area contributed by atoms with Crippen LogP contribution in [0.4, 0.5) is 0 Å². The van der Waals surface area contributed by atoms with Crippen molar-refractivity contribution in [1.29, 1.82) is 0 Å². The first-order valence-electron chi connectivity index (χ1n) is 8.58. The zero-order valence-electron chi connectivity index (χ0n) is 15.3. The standard InChI is InChI=1S/C21H17N3O3S.H2/c1-14-19(21-24-23-20(27-21)16-6-4-3-5-7-16)12-17(13-22-14)15-8-10-18(11-9-15)28(2,25)26;/h3-13H,1-2H3;1H. The minimum Gasteiger partial charge on any atom is -0.416 e. The third-order valence-corrected chi connectivity index (χ3v) is 5.51. The quantitative estimate of drug-likeness (QED) is 0.510. The van der Waals surface area contributed by atoms with Crippen molar-refractivity contribution in [1.82, 2.24) is 15.2 Å². The van der Waals surface area contributed by atoms with E-state index in [1.807, 2.05) is 43.3 Å². The van der Waals surface area contributed by atoms with Gasteiger partial charge < -0.3 is 4.42 Å². The Balaban J connectivity index is 0.00000240. The van der Waals surface area contributed by atoms with Crippen LogP contribution in [0.5, 0.6) is 0 Å². The molecule has 0 saturated heterocycles. The first-order valence-corrected chi connectivity index (χ1v) is 10.5. The summed E-state index contributed by atoms with van der Waals surface area (Å²) >= 11 is 0. The summed E-state index contributed by atoms with van der Waals surface area (Å²) in [6, 6.07) is 18.2. The van der Waals surface area contributed by atoms with E-state index in [-0.39, 0.29) is 6.32 Å². The number of aromatic nitrogens is 3. The van der Waals surface area contributed by atoms with Crippen molar-refractivity contribution >= 4 is 9.84 Å². The predicted molar refractivity (Wildman–Crippen MR) is 108 cm³/mol. The van der Waals surface area contributed by atoms with E-state index in [1.165, 1.54) is 6.26 Å². The molecule has 6 nitrogen and oxygen atoms in total. The van der Waals surface area contributed by atoms with Crippen LogP contribution in [0.25, 0.3) is 34.0 Å². The first-order chi connectivity index (χ1) is 13.4. The minimum absolute atomic E-state index is 0. The number of hydrogen-bond acceptors (Lipinski definition) is 6. The van der Waals surface area contributed by atoms with Crippen LogP contribution in [-0.4, -0.2) is 29.9 Å². The lowest BCUT2D eigenvalue weighted by molar-refractivity contribution is 0.583. The molecular weight excluding hydrogens is 374 g/mol. The third-order valence-electron chi connectivity index (χ3n) is 4.38. The predicted octanol–water partition coefficient (Wildman–Crippen LogP) is 4.42. The van der Waals surface area contributed by atoms with Gasteiger partial charge in [-0.05, 0) is 42.8 Å². The zero-order valence-corrected chi connectivity index (χ0v) is 16.1. The lowest BCUT2D eigenvalue weighted by Crippen LogP contribution is -1.96. The molecule has 4 aromatic rings. The molecule has 0 fully saturated rings. The molecule has 142 valence electrons. The molecule has 0 amide bonds. The second-order valence-electron chi connectivity index (χ2n) is 6.43. The Bertz CT molecular complexity index is 1240. The highest BCUT2D eigenvalue weighted by atomic mass is 32.2. The fourth-order valence-corrected chi connectivity index (χ4v) is 3.46. The van der Waals surface area contributed by atoms with Gasteiger partial charge in [-0.3, -0.25) is 4.98 Å². The third kappa shape index (κ3) is 3.57. The Kier molecular flexibility index (Phi) is 4.52. The fourth-order valence-electron chi connectivity index (χ4n) is 2.83. The van der Waals surface area contributed by atoms with Crippen LogP contribution in [0.3, 0.4) is 0 Å². The minimum atomic E-state index is -3.23. The van der Waals surface area contributed by atoms with Crippen molar-refractivity contribution in [3.05, 3.63) is 72.6 Å². The van der Waals surface area contributed by atoms with E-state index in [1.54, 1.807) is 30.5 Å². The van der Waals surface area contributed by atoms with E-state index in [2.05, 4.69) is 15.2 Å². The molecule has 0 bridgehead atoms. The van der Waals surface area contributed by atoms with Gasteiger partial charge in [0.05, 0.1) is 10.5 Å². The van der Waals surface area contributed by atoms with Crippen molar-refractivity contribution in [2.24, 2.45) is 0 Å². The second kappa shape index (κ2) is 7.01. The Labute approximate surface area is 164 Å². The van der Waals surface area contributed by atoms with E-state index in [0.717, 1.165) is 27.9 Å². The monoisotopic (exact) mass is 393 g/mol. The van der Waals surface area contributed by atoms with Crippen molar-refractivity contribution in [2.75, 3.05) is 6.26 Å². The van der Waals surface area contributed by atoms with Gasteiger partial charge in [-0.1, -0.05) is 30.3 Å². The molecule has 0 aliphatic rings. The van der Waals surface area contributed by atoms with Crippen LogP contribution < -0.4 is 0 Å². The molecule has 2 aromatic heterocycles. The lowest BCUT2D eigenvalue weighted by atomic mass is 10.0. The molecule has 2 aromatic carbocycles. The van der Waals surface area contributed by atoms with Crippen molar-refractivity contribution in [3.8, 4) is 34.0 Å². The van der Waals surface area contributed by atoms with Crippen molar-refractivity contribution in [2.45, 2.75) is 11.8 Å². The summed E-state index contributed by atoms with van der Waals surface area (Å²) < 4.78 is 29.1. The molecule has 0 saturated carbocycles. The molecule has 0 unspecified atom stereocenters. The number of hydrogen-bond donors (Lipinski definition) is 0. The van der Waals surface area contributed by atoms with Crippen LogP contribution in [0.1, 0.15) is 7.12 Å². The summed E-state index contributed by atoms with van der Waals surface area (Å²) in [5, 5.41) is 8.30. The summed E-state index contributed by atoms with van der Waals surface area (Å²) in [5.41, 5.74) is 4.03. The Hall–Kier alpha value is -3.32. The largest absolute Gasteiger partial charge is 0.416 e. The highest BCUT2D eigenvalue weighted by Crippen LogP contribution is 2.29. The first kappa shape index (κ1) is 18.1. The molecule has 0 N–H and O–H groups in total. The maximum atomic E-state index is 11.6. The van der Waals surface area contributed by atoms with E-state index in [9.17, 15) is 8.42 Å². The molecule has 0 radical (unpaired) electrons. The lowest BCUT2D eigenvalue weighted by Gasteiger charge is -2.06. The number of aryl methyl sites for hydroxylation is 1. The van der Waals surface area contributed by atoms with Gasteiger partial charge in [0.25, 0.3) is 0 Å². The summed E-state index contributed by atoms with van der Waals surface area (Å²) in [4.78, 5) is 4.72. The van der Waals surface area contributed by atoms with Crippen LogP contribution in [0, 0.1) is 6.92 Å². The topological polar surface area (TPSA) is 86.0 Å². The van der Waals surface area contributed by atoms with Crippen LogP contribution >= 0.6 is 0 Å². The van der Waals surface area contributed by atoms with Crippen LogP contribution in [-0.2, 0) is 9.84 Å². The van der Waals surface area contributed by atoms with E-state index in [0.29, 0.717) is 11.8 Å². The van der Waals surface area contributed by atoms with Gasteiger partial charge >= 0.3 is 0 Å². The number of nitrogens with zero attached hydrogens (tertiary/aromatic N) is 3. The fraction of sp³-hybridized carbons (Fsp3) is 0.0952. The summed E-state index contributed by atoms with van der Waals surface area (Å²) in [7, 11) is -3.23. The van der Waals surface area contributed by atoms with Crippen LogP contribution in [0.15, 0.2) is 76.2 Å². The van der Waals surface area contributed by atoms with Crippen molar-refractivity contribution < 1.29 is 14.3 Å². The number of rotatable bonds is 4. The number of benzene rings is 2. The molecule has 0 atom stereocenters. The van der Waals surface area contributed by atoms with Gasteiger partial charge in [-0.15, -0.1) is 10.2 Å². The van der Waals surface area contributed by atoms with Gasteiger partial charge in [0, 0.05) is 30.7 Å². The maximum Gasteiger partial charge on any atom is 0.250 e. The Morgan fingerprint density at radius 2 is 1.54 bits per heavy atom. The number of sulfone groups is 1. The maximum absolute atomic E-state index is 11.6.